The molecule has 2 N–H and O–H groups in total. The molecule has 0 aliphatic carbocycles. The third kappa shape index (κ3) is 9.92. The fourth-order valence-corrected chi connectivity index (χ4v) is 0.863. The molecule has 0 aliphatic rings. The third-order valence-corrected chi connectivity index (χ3v) is 1.45. The van der Waals surface area contributed by atoms with Crippen LogP contribution < -0.4 is 5.73 Å². The van der Waals surface area contributed by atoms with E-state index < -0.39 is 0 Å². The van der Waals surface area contributed by atoms with Gasteiger partial charge in [-0.05, 0) is 25.7 Å². The molecule has 0 amide bonds. The minimum absolute atomic E-state index is 0.175. The van der Waals surface area contributed by atoms with E-state index >= 15 is 0 Å². The molecule has 0 bridgehead atoms. The lowest BCUT2D eigenvalue weighted by Crippen LogP contribution is -2.22. The average Bonchev–Trinajstić information content (AvgIpc) is 1.85. The van der Waals surface area contributed by atoms with Crippen LogP contribution in [-0.4, -0.2) is 19.3 Å². The van der Waals surface area contributed by atoms with Crippen LogP contribution in [-0.2, 0) is 4.74 Å². The van der Waals surface area contributed by atoms with Gasteiger partial charge >= 0.3 is 0 Å². The van der Waals surface area contributed by atoms with E-state index in [0.29, 0.717) is 6.61 Å². The molecule has 0 saturated carbocycles. The molecule has 2 heteroatoms. The van der Waals surface area contributed by atoms with Gasteiger partial charge in [0.05, 0.1) is 6.61 Å². The highest BCUT2D eigenvalue weighted by Gasteiger charge is 1.95. The maximum absolute atomic E-state index is 5.51. The molecular weight excluding hydrogens is 138 g/mol. The van der Waals surface area contributed by atoms with Crippen LogP contribution in [0.4, 0.5) is 0 Å². The van der Waals surface area contributed by atoms with Crippen molar-refractivity contribution in [3.63, 3.8) is 0 Å². The van der Waals surface area contributed by atoms with Gasteiger partial charge in [-0.15, -0.1) is 0 Å². The Morgan fingerprint density at radius 1 is 1.27 bits per heavy atom. The molecule has 1 atom stereocenters. The van der Waals surface area contributed by atoms with Gasteiger partial charge in [0.15, 0.2) is 0 Å². The van der Waals surface area contributed by atoms with Crippen molar-refractivity contribution in [3.8, 4) is 0 Å². The zero-order valence-corrected chi connectivity index (χ0v) is 7.97. The first-order valence-corrected chi connectivity index (χ1v) is 4.46. The second-order valence-corrected chi connectivity index (χ2v) is 3.59. The summed E-state index contributed by atoms with van der Waals surface area (Å²) in [5.41, 5.74) is 5.51. The Bertz CT molecular complexity index is 71.6. The number of hydrogen-bond donors (Lipinski definition) is 1. The van der Waals surface area contributed by atoms with Gasteiger partial charge in [0.2, 0.25) is 0 Å². The molecule has 0 rings (SSSR count). The van der Waals surface area contributed by atoms with Gasteiger partial charge in [-0.3, -0.25) is 0 Å². The van der Waals surface area contributed by atoms with E-state index in [1.165, 1.54) is 6.42 Å². The zero-order chi connectivity index (χ0) is 8.69. The van der Waals surface area contributed by atoms with Crippen molar-refractivity contribution in [1.29, 1.82) is 0 Å². The quantitative estimate of drug-likeness (QED) is 0.600. The van der Waals surface area contributed by atoms with Crippen LogP contribution in [0.25, 0.3) is 0 Å². The summed E-state index contributed by atoms with van der Waals surface area (Å²) in [5.74, 6) is 0.786. The van der Waals surface area contributed by atoms with E-state index in [1.807, 2.05) is 6.92 Å². The molecular formula is C9H21NO. The first-order valence-electron chi connectivity index (χ1n) is 4.46. The Hall–Kier alpha value is -0.0800. The van der Waals surface area contributed by atoms with Crippen LogP contribution in [0.1, 0.15) is 33.6 Å². The maximum atomic E-state index is 5.51. The molecule has 2 nitrogen and oxygen atoms in total. The highest BCUT2D eigenvalue weighted by atomic mass is 16.5. The molecule has 11 heavy (non-hydrogen) atoms. The summed E-state index contributed by atoms with van der Waals surface area (Å²) in [6.45, 7) is 7.97. The predicted octanol–water partition coefficient (Wildman–Crippen LogP) is 1.79. The van der Waals surface area contributed by atoms with Crippen molar-refractivity contribution in [3.05, 3.63) is 0 Å². The van der Waals surface area contributed by atoms with E-state index in [-0.39, 0.29) is 6.04 Å². The Kier molecular flexibility index (Phi) is 6.57. The lowest BCUT2D eigenvalue weighted by Gasteiger charge is -2.07. The molecule has 0 aliphatic heterocycles. The topological polar surface area (TPSA) is 35.2 Å². The normalized spacial score (nSPS) is 13.9. The summed E-state index contributed by atoms with van der Waals surface area (Å²) in [6.07, 6.45) is 2.41. The van der Waals surface area contributed by atoms with Crippen LogP contribution >= 0.6 is 0 Å². The summed E-state index contributed by atoms with van der Waals surface area (Å²) in [7, 11) is 0. The van der Waals surface area contributed by atoms with Crippen LogP contribution in [0.2, 0.25) is 0 Å². The Labute approximate surface area is 70.1 Å². The van der Waals surface area contributed by atoms with Crippen LogP contribution in [0, 0.1) is 5.92 Å². The molecule has 0 aromatic heterocycles. The fourth-order valence-electron chi connectivity index (χ4n) is 0.863. The molecule has 0 heterocycles. The summed E-state index contributed by atoms with van der Waals surface area (Å²) in [4.78, 5) is 0. The molecule has 68 valence electrons. The monoisotopic (exact) mass is 159 g/mol. The largest absolute Gasteiger partial charge is 0.380 e. The second-order valence-electron chi connectivity index (χ2n) is 3.59. The van der Waals surface area contributed by atoms with E-state index in [1.54, 1.807) is 0 Å². The van der Waals surface area contributed by atoms with Gasteiger partial charge in [-0.2, -0.15) is 0 Å². The van der Waals surface area contributed by atoms with E-state index in [0.717, 1.165) is 18.9 Å². The number of rotatable bonds is 6. The molecule has 1 unspecified atom stereocenters. The highest BCUT2D eigenvalue weighted by molar-refractivity contribution is 4.49. The maximum Gasteiger partial charge on any atom is 0.0614 e. The van der Waals surface area contributed by atoms with E-state index in [2.05, 4.69) is 13.8 Å². The van der Waals surface area contributed by atoms with Crippen LogP contribution in [0.3, 0.4) is 0 Å². The SMILES string of the molecule is CC(C)CCCOCC(C)N. The van der Waals surface area contributed by atoms with Crippen molar-refractivity contribution in [2.45, 2.75) is 39.7 Å². The molecule has 0 fully saturated rings. The summed E-state index contributed by atoms with van der Waals surface area (Å²) in [5, 5.41) is 0. The van der Waals surface area contributed by atoms with Gasteiger partial charge in [0.1, 0.15) is 0 Å². The van der Waals surface area contributed by atoms with Gasteiger partial charge in [-0.1, -0.05) is 13.8 Å². The Balaban J connectivity index is 2.91. The number of hydrogen-bond acceptors (Lipinski definition) is 2. The molecule has 0 aromatic rings. The molecule has 0 spiro atoms. The lowest BCUT2D eigenvalue weighted by atomic mass is 10.1. The zero-order valence-electron chi connectivity index (χ0n) is 7.97. The van der Waals surface area contributed by atoms with Crippen molar-refractivity contribution in [2.24, 2.45) is 11.7 Å². The summed E-state index contributed by atoms with van der Waals surface area (Å²) >= 11 is 0. The van der Waals surface area contributed by atoms with E-state index in [9.17, 15) is 0 Å². The van der Waals surface area contributed by atoms with Crippen molar-refractivity contribution in [1.82, 2.24) is 0 Å². The second kappa shape index (κ2) is 6.62. The number of ether oxygens (including phenoxy) is 1. The van der Waals surface area contributed by atoms with Crippen LogP contribution in [0.5, 0.6) is 0 Å². The molecule has 0 aromatic carbocycles. The lowest BCUT2D eigenvalue weighted by molar-refractivity contribution is 0.118. The van der Waals surface area contributed by atoms with Gasteiger partial charge in [0.25, 0.3) is 0 Å². The number of nitrogens with two attached hydrogens (primary N) is 1. The average molecular weight is 159 g/mol. The first kappa shape index (κ1) is 10.9. The highest BCUT2D eigenvalue weighted by Crippen LogP contribution is 2.02. The van der Waals surface area contributed by atoms with Gasteiger partial charge in [-0.25, -0.2) is 0 Å². The van der Waals surface area contributed by atoms with E-state index in [4.69, 9.17) is 10.5 Å². The predicted molar refractivity (Wildman–Crippen MR) is 48.5 cm³/mol. The van der Waals surface area contributed by atoms with Gasteiger partial charge < -0.3 is 10.5 Å². The van der Waals surface area contributed by atoms with Crippen molar-refractivity contribution >= 4 is 0 Å². The Morgan fingerprint density at radius 2 is 1.91 bits per heavy atom. The minimum atomic E-state index is 0.175. The Morgan fingerprint density at radius 3 is 2.36 bits per heavy atom. The summed E-state index contributed by atoms with van der Waals surface area (Å²) < 4.78 is 5.32. The minimum Gasteiger partial charge on any atom is -0.380 e. The van der Waals surface area contributed by atoms with Crippen LogP contribution in [0.15, 0.2) is 0 Å². The van der Waals surface area contributed by atoms with Crippen molar-refractivity contribution in [2.75, 3.05) is 13.2 Å². The smallest absolute Gasteiger partial charge is 0.0614 e. The standard InChI is InChI=1S/C9H21NO/c1-8(2)5-4-6-11-7-9(3)10/h8-9H,4-7,10H2,1-3H3. The van der Waals surface area contributed by atoms with Gasteiger partial charge in [0, 0.05) is 12.6 Å². The molecule has 0 radical (unpaired) electrons. The first-order chi connectivity index (χ1) is 5.13. The summed E-state index contributed by atoms with van der Waals surface area (Å²) in [6, 6.07) is 0.175. The fraction of sp³-hybridized carbons (Fsp3) is 1.00. The third-order valence-electron chi connectivity index (χ3n) is 1.45. The van der Waals surface area contributed by atoms with Crippen molar-refractivity contribution < 1.29 is 4.74 Å². The molecule has 0 saturated heterocycles.